The maximum Gasteiger partial charge on any atom is 0.280 e. The first-order valence-corrected chi connectivity index (χ1v) is 7.18. The molecule has 1 amide bonds. The smallest absolute Gasteiger partial charge is 0.280 e. The summed E-state index contributed by atoms with van der Waals surface area (Å²) >= 11 is 1.44. The average Bonchev–Trinajstić information content (AvgIpc) is 3.07. The number of anilines is 1. The van der Waals surface area contributed by atoms with Crippen LogP contribution in [0.25, 0.3) is 11.3 Å². The van der Waals surface area contributed by atoms with E-state index in [0.717, 1.165) is 16.1 Å². The van der Waals surface area contributed by atoms with Crippen LogP contribution in [0.1, 0.15) is 21.1 Å². The number of nitrogens with zero attached hydrogens (tertiary/aromatic N) is 3. The molecule has 1 aromatic carbocycles. The molecule has 0 radical (unpaired) electrons. The molecule has 3 rings (SSSR count). The SMILES string of the molecule is Cc1nc(NC(=O)c2n[nH]nc2-c2ccccc2)sc1C. The molecule has 0 atom stereocenters. The first kappa shape index (κ1) is 13.4. The standard InChI is InChI=1S/C14H13N5OS/c1-8-9(2)21-14(15-8)16-13(20)12-11(17-19-18-12)10-6-4-3-5-7-10/h3-7H,1-2H3,(H,15,16,20)(H,17,18,19). The van der Waals surface area contributed by atoms with Crippen molar-refractivity contribution in [1.82, 2.24) is 20.4 Å². The number of hydrogen-bond acceptors (Lipinski definition) is 5. The van der Waals surface area contributed by atoms with Crippen LogP contribution in [-0.2, 0) is 0 Å². The molecule has 0 saturated heterocycles. The lowest BCUT2D eigenvalue weighted by molar-refractivity contribution is 0.102. The topological polar surface area (TPSA) is 83.6 Å². The third-order valence-corrected chi connectivity index (χ3v) is 4.05. The van der Waals surface area contributed by atoms with Gasteiger partial charge < -0.3 is 0 Å². The molecule has 106 valence electrons. The van der Waals surface area contributed by atoms with Crippen molar-refractivity contribution in [2.24, 2.45) is 0 Å². The third kappa shape index (κ3) is 2.68. The Morgan fingerprint density at radius 2 is 1.95 bits per heavy atom. The minimum absolute atomic E-state index is 0.256. The number of rotatable bonds is 3. The zero-order chi connectivity index (χ0) is 14.8. The van der Waals surface area contributed by atoms with Gasteiger partial charge in [-0.2, -0.15) is 15.4 Å². The molecule has 0 fully saturated rings. The maximum absolute atomic E-state index is 12.3. The zero-order valence-corrected chi connectivity index (χ0v) is 12.4. The van der Waals surface area contributed by atoms with Crippen LogP contribution in [0.4, 0.5) is 5.13 Å². The molecule has 2 N–H and O–H groups in total. The van der Waals surface area contributed by atoms with Gasteiger partial charge in [0, 0.05) is 10.4 Å². The molecule has 0 aliphatic carbocycles. The van der Waals surface area contributed by atoms with E-state index < -0.39 is 0 Å². The van der Waals surface area contributed by atoms with Crippen molar-refractivity contribution in [3.8, 4) is 11.3 Å². The lowest BCUT2D eigenvalue weighted by Gasteiger charge is -2.01. The predicted octanol–water partition coefficient (Wildman–Crippen LogP) is 2.80. The summed E-state index contributed by atoms with van der Waals surface area (Å²) in [6.07, 6.45) is 0. The predicted molar refractivity (Wildman–Crippen MR) is 81.4 cm³/mol. The van der Waals surface area contributed by atoms with E-state index >= 15 is 0 Å². The van der Waals surface area contributed by atoms with Crippen LogP contribution in [0.2, 0.25) is 0 Å². The Kier molecular flexibility index (Phi) is 3.49. The molecule has 3 aromatic rings. The Labute approximate surface area is 125 Å². The van der Waals surface area contributed by atoms with Gasteiger partial charge in [-0.3, -0.25) is 10.1 Å². The van der Waals surface area contributed by atoms with E-state index in [1.54, 1.807) is 0 Å². The van der Waals surface area contributed by atoms with E-state index in [9.17, 15) is 4.79 Å². The van der Waals surface area contributed by atoms with Crippen LogP contribution in [0, 0.1) is 13.8 Å². The van der Waals surface area contributed by atoms with Crippen LogP contribution in [0.5, 0.6) is 0 Å². The Balaban J connectivity index is 1.88. The van der Waals surface area contributed by atoms with Gasteiger partial charge in [0.15, 0.2) is 10.8 Å². The number of carbonyl (C=O) groups is 1. The summed E-state index contributed by atoms with van der Waals surface area (Å²) in [4.78, 5) is 17.7. The largest absolute Gasteiger partial charge is 0.296 e. The fourth-order valence-corrected chi connectivity index (χ4v) is 2.68. The van der Waals surface area contributed by atoms with Crippen molar-refractivity contribution < 1.29 is 4.79 Å². The Bertz CT molecular complexity index is 758. The highest BCUT2D eigenvalue weighted by Gasteiger charge is 2.19. The molecule has 0 spiro atoms. The van der Waals surface area contributed by atoms with Gasteiger partial charge in [-0.15, -0.1) is 11.3 Å². The molecule has 0 aliphatic rings. The lowest BCUT2D eigenvalue weighted by atomic mass is 10.1. The molecule has 0 unspecified atom stereocenters. The van der Waals surface area contributed by atoms with Crippen molar-refractivity contribution in [2.75, 3.05) is 5.32 Å². The molecule has 2 aromatic heterocycles. The summed E-state index contributed by atoms with van der Waals surface area (Å²) in [6, 6.07) is 9.45. The van der Waals surface area contributed by atoms with Crippen molar-refractivity contribution in [3.05, 3.63) is 46.6 Å². The number of aryl methyl sites for hydroxylation is 2. The van der Waals surface area contributed by atoms with Gasteiger partial charge in [0.1, 0.15) is 5.69 Å². The van der Waals surface area contributed by atoms with Gasteiger partial charge in [0.25, 0.3) is 5.91 Å². The summed E-state index contributed by atoms with van der Waals surface area (Å²) < 4.78 is 0. The molecule has 6 nitrogen and oxygen atoms in total. The molecule has 2 heterocycles. The van der Waals surface area contributed by atoms with Gasteiger partial charge in [-0.05, 0) is 13.8 Å². The van der Waals surface area contributed by atoms with Gasteiger partial charge in [-0.1, -0.05) is 30.3 Å². The molecular formula is C14H13N5OS. The van der Waals surface area contributed by atoms with E-state index in [0.29, 0.717) is 10.8 Å². The highest BCUT2D eigenvalue weighted by Crippen LogP contribution is 2.23. The number of benzene rings is 1. The van der Waals surface area contributed by atoms with Crippen LogP contribution in [0.15, 0.2) is 30.3 Å². The average molecular weight is 299 g/mol. The number of aromatic nitrogens is 4. The lowest BCUT2D eigenvalue weighted by Crippen LogP contribution is -2.13. The second-order valence-electron chi connectivity index (χ2n) is 4.50. The summed E-state index contributed by atoms with van der Waals surface area (Å²) in [6.45, 7) is 3.88. The van der Waals surface area contributed by atoms with E-state index in [-0.39, 0.29) is 11.6 Å². The third-order valence-electron chi connectivity index (χ3n) is 3.06. The summed E-state index contributed by atoms with van der Waals surface area (Å²) in [7, 11) is 0. The number of H-pyrrole nitrogens is 1. The number of aromatic amines is 1. The zero-order valence-electron chi connectivity index (χ0n) is 11.5. The number of amides is 1. The van der Waals surface area contributed by atoms with Crippen molar-refractivity contribution in [1.29, 1.82) is 0 Å². The fourth-order valence-electron chi connectivity index (χ4n) is 1.87. The Morgan fingerprint density at radius 3 is 2.62 bits per heavy atom. The minimum Gasteiger partial charge on any atom is -0.296 e. The van der Waals surface area contributed by atoms with Crippen LogP contribution >= 0.6 is 11.3 Å². The monoisotopic (exact) mass is 299 g/mol. The second kappa shape index (κ2) is 5.45. The first-order chi connectivity index (χ1) is 10.1. The summed E-state index contributed by atoms with van der Waals surface area (Å²) in [5.41, 5.74) is 2.53. The van der Waals surface area contributed by atoms with Gasteiger partial charge in [0.05, 0.1) is 5.69 Å². The summed E-state index contributed by atoms with van der Waals surface area (Å²) in [5, 5.41) is 13.8. The van der Waals surface area contributed by atoms with E-state index in [1.165, 1.54) is 11.3 Å². The Hall–Kier alpha value is -2.54. The van der Waals surface area contributed by atoms with Gasteiger partial charge in [0.2, 0.25) is 0 Å². The number of nitrogens with one attached hydrogen (secondary N) is 2. The molecule has 21 heavy (non-hydrogen) atoms. The summed E-state index contributed by atoms with van der Waals surface area (Å²) in [5.74, 6) is -0.323. The number of thiazole rings is 1. The van der Waals surface area contributed by atoms with E-state index in [4.69, 9.17) is 0 Å². The van der Waals surface area contributed by atoms with Gasteiger partial charge >= 0.3 is 0 Å². The van der Waals surface area contributed by atoms with Crippen LogP contribution in [0.3, 0.4) is 0 Å². The minimum atomic E-state index is -0.323. The number of hydrogen-bond donors (Lipinski definition) is 2. The fraction of sp³-hybridized carbons (Fsp3) is 0.143. The molecular weight excluding hydrogens is 286 g/mol. The van der Waals surface area contributed by atoms with Crippen molar-refractivity contribution in [2.45, 2.75) is 13.8 Å². The second-order valence-corrected chi connectivity index (χ2v) is 5.70. The van der Waals surface area contributed by atoms with Crippen molar-refractivity contribution >= 4 is 22.4 Å². The van der Waals surface area contributed by atoms with Crippen LogP contribution < -0.4 is 5.32 Å². The first-order valence-electron chi connectivity index (χ1n) is 6.36. The van der Waals surface area contributed by atoms with Gasteiger partial charge in [-0.25, -0.2) is 4.98 Å². The number of carbonyl (C=O) groups excluding carboxylic acids is 1. The molecule has 0 bridgehead atoms. The van der Waals surface area contributed by atoms with Crippen molar-refractivity contribution in [3.63, 3.8) is 0 Å². The maximum atomic E-state index is 12.3. The van der Waals surface area contributed by atoms with Crippen LogP contribution in [-0.4, -0.2) is 26.3 Å². The highest BCUT2D eigenvalue weighted by atomic mass is 32.1. The Morgan fingerprint density at radius 1 is 1.19 bits per heavy atom. The molecule has 0 aliphatic heterocycles. The van der Waals surface area contributed by atoms with E-state index in [2.05, 4.69) is 25.7 Å². The molecule has 7 heteroatoms. The normalized spacial score (nSPS) is 10.6. The van der Waals surface area contributed by atoms with E-state index in [1.807, 2.05) is 44.2 Å². The quantitative estimate of drug-likeness (QED) is 0.779. The molecule has 0 saturated carbocycles. The highest BCUT2D eigenvalue weighted by molar-refractivity contribution is 7.15.